The van der Waals surface area contributed by atoms with Gasteiger partial charge in [0.2, 0.25) is 5.91 Å². The van der Waals surface area contributed by atoms with Gasteiger partial charge in [0.1, 0.15) is 11.4 Å². The summed E-state index contributed by atoms with van der Waals surface area (Å²) in [4.78, 5) is 32.4. The molecule has 3 heterocycles. The first-order valence-electron chi connectivity index (χ1n) is 8.19. The molecule has 3 rings (SSSR count). The van der Waals surface area contributed by atoms with Crippen LogP contribution in [0.4, 0.5) is 0 Å². The van der Waals surface area contributed by atoms with E-state index in [0.717, 1.165) is 10.4 Å². The van der Waals surface area contributed by atoms with E-state index in [1.807, 2.05) is 45.2 Å². The number of nitrogens with one attached hydrogen (secondary N) is 1. The Bertz CT molecular complexity index is 968. The molecule has 0 unspecified atom stereocenters. The number of fused-ring (bicyclic) bond motifs is 1. The minimum Gasteiger partial charge on any atom is -0.352 e. The van der Waals surface area contributed by atoms with Gasteiger partial charge in [-0.15, -0.1) is 22.7 Å². The second-order valence-corrected chi connectivity index (χ2v) is 8.66. The number of aryl methyl sites for hydroxylation is 1. The Kier molecular flexibility index (Phi) is 5.06. The molecule has 0 aliphatic heterocycles. The van der Waals surface area contributed by atoms with Crippen LogP contribution in [-0.2, 0) is 11.3 Å². The summed E-state index contributed by atoms with van der Waals surface area (Å²) in [5, 5.41) is 5.49. The van der Waals surface area contributed by atoms with Crippen LogP contribution in [0, 0.1) is 12.8 Å². The van der Waals surface area contributed by atoms with Crippen LogP contribution in [0.3, 0.4) is 0 Å². The SMILES string of the molecule is Cc1ccc(-c2csc3ncn(CC(=O)N[C@H](C)C(C)C)c(=O)c23)s1. The molecule has 5 nitrogen and oxygen atoms in total. The van der Waals surface area contributed by atoms with E-state index in [0.29, 0.717) is 16.1 Å². The maximum absolute atomic E-state index is 12.9. The molecule has 3 aromatic rings. The molecular weight excluding hydrogens is 354 g/mol. The second-order valence-electron chi connectivity index (χ2n) is 6.52. The topological polar surface area (TPSA) is 64.0 Å². The number of aromatic nitrogens is 2. The fourth-order valence-corrected chi connectivity index (χ4v) is 4.32. The highest BCUT2D eigenvalue weighted by Crippen LogP contribution is 2.34. The van der Waals surface area contributed by atoms with E-state index in [-0.39, 0.29) is 24.1 Å². The van der Waals surface area contributed by atoms with Gasteiger partial charge in [0.05, 0.1) is 11.7 Å². The van der Waals surface area contributed by atoms with Crippen LogP contribution in [0.15, 0.2) is 28.6 Å². The Morgan fingerprint density at radius 3 is 2.72 bits per heavy atom. The van der Waals surface area contributed by atoms with Gasteiger partial charge >= 0.3 is 0 Å². The van der Waals surface area contributed by atoms with Crippen molar-refractivity contribution < 1.29 is 4.79 Å². The highest BCUT2D eigenvalue weighted by Gasteiger charge is 2.16. The zero-order valence-corrected chi connectivity index (χ0v) is 16.3. The van der Waals surface area contributed by atoms with Gasteiger partial charge in [0, 0.05) is 26.7 Å². The molecule has 0 saturated heterocycles. The number of rotatable bonds is 5. The molecule has 0 spiro atoms. The van der Waals surface area contributed by atoms with E-state index < -0.39 is 0 Å². The number of hydrogen-bond donors (Lipinski definition) is 1. The quantitative estimate of drug-likeness (QED) is 0.740. The van der Waals surface area contributed by atoms with Crippen molar-refractivity contribution in [3.63, 3.8) is 0 Å². The summed E-state index contributed by atoms with van der Waals surface area (Å²) in [6, 6.07) is 4.12. The molecular formula is C18H21N3O2S2. The zero-order chi connectivity index (χ0) is 18.1. The fourth-order valence-electron chi connectivity index (χ4n) is 2.46. The summed E-state index contributed by atoms with van der Waals surface area (Å²) in [7, 11) is 0. The molecule has 3 aromatic heterocycles. The highest BCUT2D eigenvalue weighted by molar-refractivity contribution is 7.19. The number of carbonyl (C=O) groups is 1. The Morgan fingerprint density at radius 1 is 1.32 bits per heavy atom. The third-order valence-electron chi connectivity index (χ3n) is 4.27. The molecule has 0 saturated carbocycles. The first-order chi connectivity index (χ1) is 11.9. The molecule has 0 aromatic carbocycles. The lowest BCUT2D eigenvalue weighted by molar-refractivity contribution is -0.122. The predicted molar refractivity (Wildman–Crippen MR) is 104 cm³/mol. The van der Waals surface area contributed by atoms with Gasteiger partial charge < -0.3 is 5.32 Å². The van der Waals surface area contributed by atoms with E-state index in [1.165, 1.54) is 27.1 Å². The van der Waals surface area contributed by atoms with Crippen LogP contribution in [0.2, 0.25) is 0 Å². The van der Waals surface area contributed by atoms with Crippen LogP contribution in [-0.4, -0.2) is 21.5 Å². The molecule has 1 atom stereocenters. The minimum absolute atomic E-state index is 0.0163. The smallest absolute Gasteiger partial charge is 0.263 e. The van der Waals surface area contributed by atoms with Crippen molar-refractivity contribution in [1.29, 1.82) is 0 Å². The van der Waals surface area contributed by atoms with Crippen molar-refractivity contribution in [3.05, 3.63) is 39.1 Å². The highest BCUT2D eigenvalue weighted by atomic mass is 32.1. The molecule has 1 amide bonds. The molecule has 0 fully saturated rings. The average Bonchev–Trinajstić information content (AvgIpc) is 3.16. The Balaban J connectivity index is 1.94. The first kappa shape index (κ1) is 17.8. The van der Waals surface area contributed by atoms with Gasteiger partial charge in [-0.25, -0.2) is 4.98 Å². The lowest BCUT2D eigenvalue weighted by Crippen LogP contribution is -2.39. The Morgan fingerprint density at radius 2 is 2.08 bits per heavy atom. The summed E-state index contributed by atoms with van der Waals surface area (Å²) in [5.41, 5.74) is 0.737. The average molecular weight is 376 g/mol. The number of hydrogen-bond acceptors (Lipinski definition) is 5. The van der Waals surface area contributed by atoms with Crippen molar-refractivity contribution in [3.8, 4) is 10.4 Å². The van der Waals surface area contributed by atoms with Gasteiger partial charge in [0.15, 0.2) is 0 Å². The molecule has 1 N–H and O–H groups in total. The third-order valence-corrected chi connectivity index (χ3v) is 6.19. The summed E-state index contributed by atoms with van der Waals surface area (Å²) in [6.45, 7) is 8.08. The van der Waals surface area contributed by atoms with E-state index in [1.54, 1.807) is 11.3 Å². The predicted octanol–water partition coefficient (Wildman–Crippen LogP) is 3.66. The van der Waals surface area contributed by atoms with Crippen LogP contribution >= 0.6 is 22.7 Å². The van der Waals surface area contributed by atoms with Gasteiger partial charge in [-0.1, -0.05) is 13.8 Å². The Hall–Kier alpha value is -1.99. The summed E-state index contributed by atoms with van der Waals surface area (Å²) >= 11 is 3.11. The summed E-state index contributed by atoms with van der Waals surface area (Å²) < 4.78 is 1.39. The van der Waals surface area contributed by atoms with Crippen molar-refractivity contribution >= 4 is 38.8 Å². The largest absolute Gasteiger partial charge is 0.352 e. The molecule has 0 radical (unpaired) electrons. The van der Waals surface area contributed by atoms with E-state index >= 15 is 0 Å². The molecule has 0 bridgehead atoms. The second kappa shape index (κ2) is 7.09. The molecule has 132 valence electrons. The van der Waals surface area contributed by atoms with E-state index in [9.17, 15) is 9.59 Å². The van der Waals surface area contributed by atoms with Gasteiger partial charge in [0.25, 0.3) is 5.56 Å². The van der Waals surface area contributed by atoms with Crippen molar-refractivity contribution in [2.24, 2.45) is 5.92 Å². The van der Waals surface area contributed by atoms with Crippen molar-refractivity contribution in [1.82, 2.24) is 14.9 Å². The van der Waals surface area contributed by atoms with Crippen LogP contribution in [0.25, 0.3) is 20.7 Å². The van der Waals surface area contributed by atoms with Crippen LogP contribution in [0.5, 0.6) is 0 Å². The lowest BCUT2D eigenvalue weighted by Gasteiger charge is -2.17. The van der Waals surface area contributed by atoms with Crippen molar-refractivity contribution in [2.45, 2.75) is 40.3 Å². The number of thiophene rings is 2. The molecule has 0 aliphatic carbocycles. The Labute approximate surface area is 154 Å². The van der Waals surface area contributed by atoms with Crippen LogP contribution < -0.4 is 10.9 Å². The number of amides is 1. The van der Waals surface area contributed by atoms with Crippen molar-refractivity contribution in [2.75, 3.05) is 0 Å². The lowest BCUT2D eigenvalue weighted by atomic mass is 10.1. The standard InChI is InChI=1S/C18H21N3O2S2/c1-10(2)12(4)20-15(22)7-21-9-19-17-16(18(21)23)13(8-24-17)14-6-5-11(3)25-14/h5-6,8-10,12H,7H2,1-4H3,(H,20,22)/t12-/m1/s1. The summed E-state index contributed by atoms with van der Waals surface area (Å²) in [6.07, 6.45) is 1.46. The van der Waals surface area contributed by atoms with Gasteiger partial charge in [-0.3, -0.25) is 14.2 Å². The third kappa shape index (κ3) is 3.67. The maximum Gasteiger partial charge on any atom is 0.263 e. The van der Waals surface area contributed by atoms with E-state index in [4.69, 9.17) is 0 Å². The van der Waals surface area contributed by atoms with Gasteiger partial charge in [-0.05, 0) is 31.9 Å². The minimum atomic E-state index is -0.173. The fraction of sp³-hybridized carbons (Fsp3) is 0.389. The zero-order valence-electron chi connectivity index (χ0n) is 14.7. The first-order valence-corrected chi connectivity index (χ1v) is 9.89. The number of carbonyl (C=O) groups excluding carboxylic acids is 1. The monoisotopic (exact) mass is 375 g/mol. The normalized spacial score (nSPS) is 12.7. The molecule has 25 heavy (non-hydrogen) atoms. The summed E-state index contributed by atoms with van der Waals surface area (Å²) in [5.74, 6) is 0.167. The van der Waals surface area contributed by atoms with Crippen LogP contribution in [0.1, 0.15) is 25.6 Å². The number of nitrogens with zero attached hydrogens (tertiary/aromatic N) is 2. The molecule has 7 heteroatoms. The maximum atomic E-state index is 12.9. The molecule has 0 aliphatic rings. The van der Waals surface area contributed by atoms with Gasteiger partial charge in [-0.2, -0.15) is 0 Å². The van der Waals surface area contributed by atoms with E-state index in [2.05, 4.69) is 10.3 Å².